The molecule has 4 heteroatoms. The van der Waals surface area contributed by atoms with Gasteiger partial charge in [0, 0.05) is 17.8 Å². The van der Waals surface area contributed by atoms with Gasteiger partial charge in [0.15, 0.2) is 0 Å². The van der Waals surface area contributed by atoms with Crippen molar-refractivity contribution in [1.82, 2.24) is 0 Å². The fourth-order valence-electron chi connectivity index (χ4n) is 4.66. The van der Waals surface area contributed by atoms with Crippen LogP contribution < -0.4 is 0 Å². The molecule has 7 atom stereocenters. The van der Waals surface area contributed by atoms with Gasteiger partial charge in [-0.05, 0) is 25.2 Å². The summed E-state index contributed by atoms with van der Waals surface area (Å²) in [5, 5.41) is 21.4. The van der Waals surface area contributed by atoms with Crippen LogP contribution in [-0.2, 0) is 9.53 Å². The van der Waals surface area contributed by atoms with E-state index in [1.165, 1.54) is 0 Å². The van der Waals surface area contributed by atoms with E-state index in [0.717, 1.165) is 12.8 Å². The number of carbonyl (C=O) groups is 1. The molecular weight excluding hydrogens is 244 g/mol. The first-order valence-electron chi connectivity index (χ1n) is 7.40. The Balaban J connectivity index is 1.98. The summed E-state index contributed by atoms with van der Waals surface area (Å²) in [5.41, 5.74) is -1.44. The second kappa shape index (κ2) is 3.95. The highest BCUT2D eigenvalue weighted by molar-refractivity contribution is 5.75. The number of rotatable bonds is 0. The molecule has 2 aliphatic carbocycles. The van der Waals surface area contributed by atoms with Crippen LogP contribution in [0, 0.1) is 23.2 Å². The highest BCUT2D eigenvalue weighted by Gasteiger charge is 2.64. The van der Waals surface area contributed by atoms with Crippen molar-refractivity contribution in [3.05, 3.63) is 0 Å². The molecule has 0 aromatic heterocycles. The highest BCUT2D eigenvalue weighted by Crippen LogP contribution is 2.59. The van der Waals surface area contributed by atoms with Crippen molar-refractivity contribution in [1.29, 1.82) is 0 Å². The van der Waals surface area contributed by atoms with Gasteiger partial charge >= 0.3 is 5.97 Å². The average Bonchev–Trinajstić information content (AvgIpc) is 2.61. The van der Waals surface area contributed by atoms with Crippen molar-refractivity contribution in [3.63, 3.8) is 0 Å². The van der Waals surface area contributed by atoms with Gasteiger partial charge in [-0.25, -0.2) is 0 Å². The van der Waals surface area contributed by atoms with E-state index in [-0.39, 0.29) is 29.3 Å². The number of hydrogen-bond acceptors (Lipinski definition) is 4. The van der Waals surface area contributed by atoms with E-state index in [0.29, 0.717) is 18.8 Å². The summed E-state index contributed by atoms with van der Waals surface area (Å²) in [6, 6.07) is 0. The molecule has 0 bridgehead atoms. The van der Waals surface area contributed by atoms with Crippen LogP contribution in [0.5, 0.6) is 0 Å². The number of esters is 1. The molecule has 1 saturated heterocycles. The van der Waals surface area contributed by atoms with E-state index >= 15 is 0 Å². The smallest absolute Gasteiger partial charge is 0.309 e. The van der Waals surface area contributed by atoms with Gasteiger partial charge in [0.05, 0.1) is 17.6 Å². The third-order valence-corrected chi connectivity index (χ3v) is 6.43. The molecule has 19 heavy (non-hydrogen) atoms. The Morgan fingerprint density at radius 3 is 2.63 bits per heavy atom. The topological polar surface area (TPSA) is 66.8 Å². The molecule has 0 spiro atoms. The summed E-state index contributed by atoms with van der Waals surface area (Å²) in [6.45, 7) is 6.15. The molecule has 0 amide bonds. The molecule has 1 heterocycles. The van der Waals surface area contributed by atoms with Crippen LogP contribution in [-0.4, -0.2) is 34.0 Å². The van der Waals surface area contributed by atoms with Crippen molar-refractivity contribution in [2.24, 2.45) is 23.2 Å². The van der Waals surface area contributed by atoms with Gasteiger partial charge in [-0.2, -0.15) is 0 Å². The summed E-state index contributed by atoms with van der Waals surface area (Å²) in [4.78, 5) is 11.8. The molecule has 0 radical (unpaired) electrons. The fraction of sp³-hybridized carbons (Fsp3) is 0.933. The first-order chi connectivity index (χ1) is 8.79. The van der Waals surface area contributed by atoms with Gasteiger partial charge in [0.1, 0.15) is 6.10 Å². The predicted molar refractivity (Wildman–Crippen MR) is 69.2 cm³/mol. The monoisotopic (exact) mass is 268 g/mol. The minimum Gasteiger partial charge on any atom is -0.462 e. The lowest BCUT2D eigenvalue weighted by Crippen LogP contribution is -2.65. The summed E-state index contributed by atoms with van der Waals surface area (Å²) < 4.78 is 5.41. The van der Waals surface area contributed by atoms with Crippen LogP contribution in [0.4, 0.5) is 0 Å². The molecule has 0 unspecified atom stereocenters. The van der Waals surface area contributed by atoms with E-state index in [1.54, 1.807) is 0 Å². The highest BCUT2D eigenvalue weighted by atomic mass is 16.6. The molecular formula is C15H24O4. The van der Waals surface area contributed by atoms with Gasteiger partial charge in [0.25, 0.3) is 0 Å². The lowest BCUT2D eigenvalue weighted by molar-refractivity contribution is -0.239. The van der Waals surface area contributed by atoms with E-state index in [2.05, 4.69) is 13.8 Å². The Labute approximate surface area is 114 Å². The SMILES string of the molecule is C[C@H]1C(=O)O[C@@H]2C[C@]3(O)[C@H](O)CC[C@H](C)[C@@]3(C)C[C@@H]21. The maximum Gasteiger partial charge on any atom is 0.309 e. The minimum atomic E-state index is -1.11. The average molecular weight is 268 g/mol. The summed E-state index contributed by atoms with van der Waals surface area (Å²) in [7, 11) is 0. The zero-order valence-corrected chi connectivity index (χ0v) is 11.9. The van der Waals surface area contributed by atoms with E-state index in [4.69, 9.17) is 4.74 Å². The van der Waals surface area contributed by atoms with Crippen LogP contribution >= 0.6 is 0 Å². The first kappa shape index (κ1) is 13.4. The van der Waals surface area contributed by atoms with Gasteiger partial charge in [-0.3, -0.25) is 4.79 Å². The van der Waals surface area contributed by atoms with Crippen molar-refractivity contribution < 1.29 is 19.7 Å². The van der Waals surface area contributed by atoms with Gasteiger partial charge < -0.3 is 14.9 Å². The van der Waals surface area contributed by atoms with Crippen molar-refractivity contribution in [3.8, 4) is 0 Å². The van der Waals surface area contributed by atoms with Crippen LogP contribution in [0.15, 0.2) is 0 Å². The predicted octanol–water partition coefficient (Wildman–Crippen LogP) is 1.49. The number of hydrogen-bond donors (Lipinski definition) is 2. The van der Waals surface area contributed by atoms with E-state index in [1.807, 2.05) is 6.92 Å². The molecule has 108 valence electrons. The second-order valence-electron chi connectivity index (χ2n) is 7.17. The quantitative estimate of drug-likeness (QED) is 0.653. The number of aliphatic hydroxyl groups is 2. The Hall–Kier alpha value is -0.610. The molecule has 0 aromatic rings. The molecule has 2 saturated carbocycles. The van der Waals surface area contributed by atoms with Crippen LogP contribution in [0.25, 0.3) is 0 Å². The Bertz CT molecular complexity index is 409. The Morgan fingerprint density at radius 2 is 1.95 bits per heavy atom. The number of ether oxygens (including phenoxy) is 1. The third-order valence-electron chi connectivity index (χ3n) is 6.43. The lowest BCUT2D eigenvalue weighted by atomic mass is 9.49. The van der Waals surface area contributed by atoms with E-state index < -0.39 is 11.7 Å². The third kappa shape index (κ3) is 1.56. The molecule has 1 aliphatic heterocycles. The number of aliphatic hydroxyl groups excluding tert-OH is 1. The van der Waals surface area contributed by atoms with Crippen LogP contribution in [0.2, 0.25) is 0 Å². The van der Waals surface area contributed by atoms with Crippen molar-refractivity contribution >= 4 is 5.97 Å². The Morgan fingerprint density at radius 1 is 1.26 bits per heavy atom. The largest absolute Gasteiger partial charge is 0.462 e. The number of carbonyl (C=O) groups excluding carboxylic acids is 1. The second-order valence-corrected chi connectivity index (χ2v) is 7.17. The molecule has 4 nitrogen and oxygen atoms in total. The van der Waals surface area contributed by atoms with Crippen molar-refractivity contribution in [2.45, 2.75) is 64.3 Å². The van der Waals surface area contributed by atoms with Crippen LogP contribution in [0.1, 0.15) is 46.5 Å². The summed E-state index contributed by atoms with van der Waals surface area (Å²) >= 11 is 0. The standard InChI is InChI=1S/C15H24O4/c1-8-4-5-12(16)15(18)7-11-10(6-14(8,15)3)9(2)13(17)19-11/h8-12,16,18H,4-7H2,1-3H3/t8-,9+,10+,11+,12+,14+,15-/m0/s1. The maximum absolute atomic E-state index is 11.8. The van der Waals surface area contributed by atoms with Gasteiger partial charge in [0.2, 0.25) is 0 Å². The van der Waals surface area contributed by atoms with Crippen molar-refractivity contribution in [2.75, 3.05) is 0 Å². The normalized spacial score (nSPS) is 57.3. The lowest BCUT2D eigenvalue weighted by Gasteiger charge is -2.59. The molecule has 0 aromatic carbocycles. The Kier molecular flexibility index (Phi) is 2.78. The van der Waals surface area contributed by atoms with Gasteiger partial charge in [-0.1, -0.05) is 20.8 Å². The summed E-state index contributed by atoms with van der Waals surface area (Å²) in [6.07, 6.45) is 1.79. The molecule has 3 aliphatic rings. The van der Waals surface area contributed by atoms with Crippen LogP contribution in [0.3, 0.4) is 0 Å². The van der Waals surface area contributed by atoms with Gasteiger partial charge in [-0.15, -0.1) is 0 Å². The molecule has 3 rings (SSSR count). The maximum atomic E-state index is 11.8. The zero-order chi connectivity index (χ0) is 14.0. The molecule has 2 N–H and O–H groups in total. The molecule has 3 fully saturated rings. The zero-order valence-electron chi connectivity index (χ0n) is 11.9. The fourth-order valence-corrected chi connectivity index (χ4v) is 4.66. The van der Waals surface area contributed by atoms with E-state index in [9.17, 15) is 15.0 Å². The number of fused-ring (bicyclic) bond motifs is 2. The minimum absolute atomic E-state index is 0.0855. The summed E-state index contributed by atoms with van der Waals surface area (Å²) in [5.74, 6) is 0.302. The first-order valence-corrected chi connectivity index (χ1v) is 7.40.